The highest BCUT2D eigenvalue weighted by atomic mass is 16.4. The van der Waals surface area contributed by atoms with Gasteiger partial charge in [0.25, 0.3) is 6.01 Å². The Bertz CT molecular complexity index is 1050. The van der Waals surface area contributed by atoms with E-state index in [-0.39, 0.29) is 18.7 Å². The van der Waals surface area contributed by atoms with Gasteiger partial charge in [0.1, 0.15) is 23.4 Å². The lowest BCUT2D eigenvalue weighted by molar-refractivity contribution is 0.232. The predicted molar refractivity (Wildman–Crippen MR) is 88.9 cm³/mol. The van der Waals surface area contributed by atoms with Gasteiger partial charge in [-0.2, -0.15) is 10.1 Å². The van der Waals surface area contributed by atoms with Crippen molar-refractivity contribution in [3.63, 3.8) is 0 Å². The molecule has 122 valence electrons. The Morgan fingerprint density at radius 3 is 2.92 bits per heavy atom. The summed E-state index contributed by atoms with van der Waals surface area (Å²) in [5.41, 5.74) is 14.8. The number of hydrogen-bond donors (Lipinski definition) is 3. The van der Waals surface area contributed by atoms with Crippen LogP contribution < -0.4 is 11.5 Å². The summed E-state index contributed by atoms with van der Waals surface area (Å²) < 4.78 is 6.93. The molecule has 5 N–H and O–H groups in total. The van der Waals surface area contributed by atoms with Crippen LogP contribution in [0.1, 0.15) is 13.0 Å². The van der Waals surface area contributed by atoms with Crippen molar-refractivity contribution in [1.82, 2.24) is 24.7 Å². The van der Waals surface area contributed by atoms with Crippen LogP contribution in [-0.4, -0.2) is 36.4 Å². The maximum absolute atomic E-state index is 9.47. The molecule has 3 heterocycles. The van der Waals surface area contributed by atoms with Gasteiger partial charge in [-0.3, -0.25) is 0 Å². The standard InChI is InChI=1S/C15H15N7O2/c1-7(5-23)22-14-11(13(16)18-6-19-14)12(21-22)8-2-3-10-9(4-8)20-15(17)24-10/h2-4,6-7,23H,5H2,1H3,(H2,17,20)(H2,16,18,19). The number of aromatic nitrogens is 5. The van der Waals surface area contributed by atoms with Crippen LogP contribution in [0.15, 0.2) is 28.9 Å². The van der Waals surface area contributed by atoms with Crippen molar-refractivity contribution in [2.75, 3.05) is 18.1 Å². The van der Waals surface area contributed by atoms with Crippen LogP contribution in [0.25, 0.3) is 33.4 Å². The summed E-state index contributed by atoms with van der Waals surface area (Å²) in [4.78, 5) is 12.5. The SMILES string of the molecule is CC(CO)n1nc(-c2ccc3oc(N)nc3c2)c2c(N)ncnc21. The number of aliphatic hydroxyl groups excluding tert-OH is 1. The van der Waals surface area contributed by atoms with E-state index in [2.05, 4.69) is 20.1 Å². The number of nitrogens with two attached hydrogens (primary N) is 2. The lowest BCUT2D eigenvalue weighted by Gasteiger charge is -2.08. The maximum atomic E-state index is 9.47. The Balaban J connectivity index is 2.00. The van der Waals surface area contributed by atoms with Crippen LogP contribution in [0.3, 0.4) is 0 Å². The molecule has 0 radical (unpaired) electrons. The molecular formula is C15H15N7O2. The largest absolute Gasteiger partial charge is 0.424 e. The van der Waals surface area contributed by atoms with E-state index in [1.54, 1.807) is 10.7 Å². The van der Waals surface area contributed by atoms with Crippen LogP contribution in [0.2, 0.25) is 0 Å². The molecule has 9 nitrogen and oxygen atoms in total. The Labute approximate surface area is 135 Å². The van der Waals surface area contributed by atoms with E-state index in [9.17, 15) is 5.11 Å². The average molecular weight is 325 g/mol. The van der Waals surface area contributed by atoms with Crippen LogP contribution in [0.4, 0.5) is 11.8 Å². The molecule has 4 aromatic rings. The molecule has 0 saturated carbocycles. The minimum absolute atomic E-state index is 0.0705. The second-order valence-electron chi connectivity index (χ2n) is 5.52. The van der Waals surface area contributed by atoms with Gasteiger partial charge < -0.3 is 21.0 Å². The molecule has 1 atom stereocenters. The summed E-state index contributed by atoms with van der Waals surface area (Å²) in [5, 5.41) is 14.7. The monoisotopic (exact) mass is 325 g/mol. The number of nitrogen functional groups attached to an aromatic ring is 2. The highest BCUT2D eigenvalue weighted by molar-refractivity contribution is 5.99. The summed E-state index contributed by atoms with van der Waals surface area (Å²) in [5.74, 6) is 0.325. The lowest BCUT2D eigenvalue weighted by Crippen LogP contribution is -2.11. The van der Waals surface area contributed by atoms with Gasteiger partial charge in [-0.15, -0.1) is 0 Å². The van der Waals surface area contributed by atoms with Gasteiger partial charge in [0.05, 0.1) is 18.0 Å². The van der Waals surface area contributed by atoms with Gasteiger partial charge in [0.2, 0.25) is 0 Å². The Kier molecular flexibility index (Phi) is 3.10. The molecule has 24 heavy (non-hydrogen) atoms. The molecule has 0 aliphatic heterocycles. The van der Waals surface area contributed by atoms with Gasteiger partial charge in [-0.25, -0.2) is 14.6 Å². The number of fused-ring (bicyclic) bond motifs is 2. The van der Waals surface area contributed by atoms with Gasteiger partial charge in [0, 0.05) is 5.56 Å². The molecule has 0 saturated heterocycles. The zero-order chi connectivity index (χ0) is 16.8. The summed E-state index contributed by atoms with van der Waals surface area (Å²) in [6.07, 6.45) is 1.38. The van der Waals surface area contributed by atoms with Crippen molar-refractivity contribution in [3.8, 4) is 11.3 Å². The quantitative estimate of drug-likeness (QED) is 0.512. The first-order valence-corrected chi connectivity index (χ1v) is 7.34. The molecule has 0 bridgehead atoms. The van der Waals surface area contributed by atoms with Crippen molar-refractivity contribution < 1.29 is 9.52 Å². The summed E-state index contributed by atoms with van der Waals surface area (Å²) in [6.45, 7) is 1.77. The van der Waals surface area contributed by atoms with E-state index in [0.717, 1.165) is 5.56 Å². The van der Waals surface area contributed by atoms with Gasteiger partial charge in [-0.05, 0) is 25.1 Å². The van der Waals surface area contributed by atoms with Gasteiger partial charge in [-0.1, -0.05) is 0 Å². The van der Waals surface area contributed by atoms with Crippen LogP contribution >= 0.6 is 0 Å². The highest BCUT2D eigenvalue weighted by Gasteiger charge is 2.20. The first-order chi connectivity index (χ1) is 11.6. The van der Waals surface area contributed by atoms with Gasteiger partial charge in [0.15, 0.2) is 11.2 Å². The molecule has 1 unspecified atom stereocenters. The zero-order valence-electron chi connectivity index (χ0n) is 12.8. The van der Waals surface area contributed by atoms with Crippen molar-refractivity contribution in [2.45, 2.75) is 13.0 Å². The number of aliphatic hydroxyl groups is 1. The summed E-state index contributed by atoms with van der Waals surface area (Å²) in [6, 6.07) is 5.29. The lowest BCUT2D eigenvalue weighted by atomic mass is 10.1. The zero-order valence-corrected chi connectivity index (χ0v) is 12.8. The number of benzene rings is 1. The number of nitrogens with zero attached hydrogens (tertiary/aromatic N) is 5. The topological polar surface area (TPSA) is 142 Å². The van der Waals surface area contributed by atoms with E-state index in [4.69, 9.17) is 15.9 Å². The van der Waals surface area contributed by atoms with Crippen molar-refractivity contribution >= 4 is 34.0 Å². The number of oxazole rings is 1. The summed E-state index contributed by atoms with van der Waals surface area (Å²) in [7, 11) is 0. The molecule has 0 aliphatic rings. The molecular weight excluding hydrogens is 310 g/mol. The van der Waals surface area contributed by atoms with Crippen molar-refractivity contribution in [2.24, 2.45) is 0 Å². The molecule has 4 rings (SSSR count). The molecule has 1 aromatic carbocycles. The number of rotatable bonds is 3. The normalized spacial score (nSPS) is 12.9. The van der Waals surface area contributed by atoms with E-state index in [0.29, 0.717) is 33.6 Å². The third kappa shape index (κ3) is 2.06. The number of anilines is 2. The third-order valence-corrected chi connectivity index (χ3v) is 3.88. The molecule has 0 fully saturated rings. The first kappa shape index (κ1) is 14.4. The van der Waals surface area contributed by atoms with Crippen molar-refractivity contribution in [1.29, 1.82) is 0 Å². The Morgan fingerprint density at radius 2 is 2.12 bits per heavy atom. The fourth-order valence-corrected chi connectivity index (χ4v) is 2.67. The third-order valence-electron chi connectivity index (χ3n) is 3.88. The number of hydrogen-bond acceptors (Lipinski definition) is 8. The van der Waals surface area contributed by atoms with E-state index in [1.165, 1.54) is 6.33 Å². The minimum Gasteiger partial charge on any atom is -0.424 e. The first-order valence-electron chi connectivity index (χ1n) is 7.34. The smallest absolute Gasteiger partial charge is 0.292 e. The molecule has 9 heteroatoms. The van der Waals surface area contributed by atoms with E-state index < -0.39 is 0 Å². The molecule has 0 aliphatic carbocycles. The van der Waals surface area contributed by atoms with Crippen LogP contribution in [0.5, 0.6) is 0 Å². The second-order valence-corrected chi connectivity index (χ2v) is 5.52. The Morgan fingerprint density at radius 1 is 1.29 bits per heavy atom. The average Bonchev–Trinajstić information content (AvgIpc) is 3.14. The van der Waals surface area contributed by atoms with Crippen molar-refractivity contribution in [3.05, 3.63) is 24.5 Å². The van der Waals surface area contributed by atoms with Crippen LogP contribution in [-0.2, 0) is 0 Å². The molecule has 0 spiro atoms. The summed E-state index contributed by atoms with van der Waals surface area (Å²) >= 11 is 0. The van der Waals surface area contributed by atoms with Crippen LogP contribution in [0, 0.1) is 0 Å². The molecule has 0 amide bonds. The second kappa shape index (κ2) is 5.17. The minimum atomic E-state index is -0.248. The fourth-order valence-electron chi connectivity index (χ4n) is 2.67. The van der Waals surface area contributed by atoms with Gasteiger partial charge >= 0.3 is 0 Å². The van der Waals surface area contributed by atoms with E-state index >= 15 is 0 Å². The highest BCUT2D eigenvalue weighted by Crippen LogP contribution is 2.33. The predicted octanol–water partition coefficient (Wildman–Crippen LogP) is 1.35. The van der Waals surface area contributed by atoms with E-state index in [1.807, 2.05) is 19.1 Å². The Hall–Kier alpha value is -3.20. The molecule has 3 aromatic heterocycles. The fraction of sp³-hybridized carbons (Fsp3) is 0.200. The maximum Gasteiger partial charge on any atom is 0.292 e.